The van der Waals surface area contributed by atoms with Crippen LogP contribution in [0.3, 0.4) is 0 Å². The first-order valence-electron chi connectivity index (χ1n) is 8.73. The maximum Gasteiger partial charge on any atom is 0.236 e. The number of oxazole rings is 1. The van der Waals surface area contributed by atoms with Crippen molar-refractivity contribution in [3.05, 3.63) is 59.6 Å². The molecular weight excluding hydrogens is 492 g/mol. The standard InChI is InChI=1S/C19H20FN5OS.HI/c20-14-3-5-16(6-4-14)24-7-9-25(10-8-24)19(21)22-12-15-13-26-18(23-15)17-2-1-11-27-17;/h1-6,11,13H,7-10,12H2,(H2,21,22);1H. The van der Waals surface area contributed by atoms with Gasteiger partial charge in [0.1, 0.15) is 17.8 Å². The number of thiophene rings is 1. The highest BCUT2D eigenvalue weighted by atomic mass is 127. The third-order valence-corrected chi connectivity index (χ3v) is 5.34. The van der Waals surface area contributed by atoms with Crippen LogP contribution in [0.15, 0.2) is 57.5 Å². The molecule has 148 valence electrons. The molecule has 1 aromatic carbocycles. The van der Waals surface area contributed by atoms with Crippen LogP contribution in [0.1, 0.15) is 5.69 Å². The number of piperazine rings is 1. The molecule has 4 rings (SSSR count). The lowest BCUT2D eigenvalue weighted by Crippen LogP contribution is -2.51. The Bertz CT molecular complexity index is 905. The van der Waals surface area contributed by atoms with Gasteiger partial charge >= 0.3 is 0 Å². The topological polar surface area (TPSA) is 70.9 Å². The van der Waals surface area contributed by atoms with Gasteiger partial charge in [-0.05, 0) is 35.7 Å². The van der Waals surface area contributed by atoms with Crippen LogP contribution in [0.2, 0.25) is 0 Å². The summed E-state index contributed by atoms with van der Waals surface area (Å²) in [4.78, 5) is 14.2. The van der Waals surface area contributed by atoms with E-state index in [9.17, 15) is 4.39 Å². The summed E-state index contributed by atoms with van der Waals surface area (Å²) >= 11 is 1.59. The number of hydrogen-bond acceptors (Lipinski definition) is 5. The van der Waals surface area contributed by atoms with Crippen LogP contribution in [0.4, 0.5) is 10.1 Å². The zero-order valence-corrected chi connectivity index (χ0v) is 18.3. The number of halogens is 2. The van der Waals surface area contributed by atoms with Gasteiger partial charge in [-0.3, -0.25) is 0 Å². The van der Waals surface area contributed by atoms with E-state index in [-0.39, 0.29) is 29.8 Å². The highest BCUT2D eigenvalue weighted by Crippen LogP contribution is 2.23. The first-order valence-corrected chi connectivity index (χ1v) is 9.61. The highest BCUT2D eigenvalue weighted by Gasteiger charge is 2.18. The van der Waals surface area contributed by atoms with E-state index >= 15 is 0 Å². The van der Waals surface area contributed by atoms with Crippen LogP contribution < -0.4 is 10.6 Å². The summed E-state index contributed by atoms with van der Waals surface area (Å²) in [5.41, 5.74) is 7.93. The van der Waals surface area contributed by atoms with Gasteiger partial charge < -0.3 is 20.0 Å². The third kappa shape index (κ3) is 4.82. The summed E-state index contributed by atoms with van der Waals surface area (Å²) in [7, 11) is 0. The maximum absolute atomic E-state index is 13.1. The molecule has 0 spiro atoms. The van der Waals surface area contributed by atoms with Crippen molar-refractivity contribution in [1.29, 1.82) is 0 Å². The van der Waals surface area contributed by atoms with Gasteiger partial charge in [0.15, 0.2) is 5.96 Å². The second-order valence-corrected chi connectivity index (χ2v) is 7.19. The first kappa shape index (κ1) is 20.6. The largest absolute Gasteiger partial charge is 0.443 e. The predicted octanol–water partition coefficient (Wildman–Crippen LogP) is 3.80. The Hall–Kier alpha value is -2.14. The number of anilines is 1. The molecule has 28 heavy (non-hydrogen) atoms. The van der Waals surface area contributed by atoms with Crippen LogP contribution in [0.5, 0.6) is 0 Å². The van der Waals surface area contributed by atoms with E-state index < -0.39 is 0 Å². The Kier molecular flexibility index (Phi) is 6.89. The molecule has 3 aromatic rings. The molecule has 2 N–H and O–H groups in total. The Morgan fingerprint density at radius 3 is 2.61 bits per heavy atom. The lowest BCUT2D eigenvalue weighted by atomic mass is 10.2. The lowest BCUT2D eigenvalue weighted by Gasteiger charge is -2.36. The van der Waals surface area contributed by atoms with Crippen LogP contribution >= 0.6 is 35.3 Å². The van der Waals surface area contributed by atoms with Crippen LogP contribution in [-0.2, 0) is 6.54 Å². The monoisotopic (exact) mass is 513 g/mol. The smallest absolute Gasteiger partial charge is 0.236 e. The van der Waals surface area contributed by atoms with Gasteiger partial charge in [-0.15, -0.1) is 35.3 Å². The number of benzene rings is 1. The van der Waals surface area contributed by atoms with Crippen molar-refractivity contribution in [2.24, 2.45) is 10.7 Å². The summed E-state index contributed by atoms with van der Waals surface area (Å²) in [6.45, 7) is 3.56. The van der Waals surface area contributed by atoms with E-state index in [0.29, 0.717) is 18.4 Å². The van der Waals surface area contributed by atoms with E-state index in [1.165, 1.54) is 12.1 Å². The quantitative estimate of drug-likeness (QED) is 0.327. The van der Waals surface area contributed by atoms with Gasteiger partial charge in [-0.2, -0.15) is 0 Å². The summed E-state index contributed by atoms with van der Waals surface area (Å²) in [6.07, 6.45) is 1.62. The summed E-state index contributed by atoms with van der Waals surface area (Å²) in [6, 6.07) is 10.5. The fourth-order valence-corrected chi connectivity index (χ4v) is 3.66. The molecule has 0 aliphatic carbocycles. The fraction of sp³-hybridized carbons (Fsp3) is 0.263. The number of rotatable bonds is 4. The van der Waals surface area contributed by atoms with E-state index in [2.05, 4.69) is 19.8 Å². The number of aromatic nitrogens is 1. The van der Waals surface area contributed by atoms with Crippen molar-refractivity contribution in [2.75, 3.05) is 31.1 Å². The Labute approximate surface area is 183 Å². The average Bonchev–Trinajstić information content (AvgIpc) is 3.38. The second-order valence-electron chi connectivity index (χ2n) is 6.25. The number of nitrogens with zero attached hydrogens (tertiary/aromatic N) is 4. The van der Waals surface area contributed by atoms with Crippen molar-refractivity contribution < 1.29 is 8.81 Å². The summed E-state index contributed by atoms with van der Waals surface area (Å²) in [5.74, 6) is 0.903. The van der Waals surface area contributed by atoms with Gasteiger partial charge in [0, 0.05) is 31.9 Å². The van der Waals surface area contributed by atoms with Gasteiger partial charge in [0.2, 0.25) is 5.89 Å². The number of aliphatic imine (C=N–C) groups is 1. The van der Waals surface area contributed by atoms with Crippen LogP contribution in [-0.4, -0.2) is 42.0 Å². The van der Waals surface area contributed by atoms with E-state index in [0.717, 1.165) is 42.4 Å². The molecule has 1 aliphatic rings. The molecule has 0 saturated carbocycles. The molecule has 2 aromatic heterocycles. The average molecular weight is 513 g/mol. The van der Waals surface area contributed by atoms with Crippen molar-refractivity contribution in [1.82, 2.24) is 9.88 Å². The zero-order chi connectivity index (χ0) is 18.6. The molecule has 0 radical (unpaired) electrons. The molecular formula is C19H21FIN5OS. The number of nitrogens with two attached hydrogens (primary N) is 1. The lowest BCUT2D eigenvalue weighted by molar-refractivity contribution is 0.380. The predicted molar refractivity (Wildman–Crippen MR) is 121 cm³/mol. The fourth-order valence-electron chi connectivity index (χ4n) is 3.00. The molecule has 0 unspecified atom stereocenters. The molecule has 0 bridgehead atoms. The van der Waals surface area contributed by atoms with Crippen LogP contribution in [0.25, 0.3) is 10.8 Å². The van der Waals surface area contributed by atoms with Crippen molar-refractivity contribution >= 4 is 47.0 Å². The zero-order valence-electron chi connectivity index (χ0n) is 15.1. The van der Waals surface area contributed by atoms with E-state index in [1.807, 2.05) is 17.5 Å². The minimum atomic E-state index is -0.219. The second kappa shape index (κ2) is 9.37. The van der Waals surface area contributed by atoms with Crippen LogP contribution in [0, 0.1) is 5.82 Å². The van der Waals surface area contributed by atoms with Gasteiger partial charge in [-0.1, -0.05) is 6.07 Å². The molecule has 0 amide bonds. The number of hydrogen-bond donors (Lipinski definition) is 1. The van der Waals surface area contributed by atoms with E-state index in [1.54, 1.807) is 29.7 Å². The first-order chi connectivity index (χ1) is 13.2. The molecule has 1 fully saturated rings. The number of guanidine groups is 1. The molecule has 0 atom stereocenters. The highest BCUT2D eigenvalue weighted by molar-refractivity contribution is 14.0. The third-order valence-electron chi connectivity index (χ3n) is 4.48. The van der Waals surface area contributed by atoms with Gasteiger partial charge in [0.25, 0.3) is 0 Å². The Morgan fingerprint density at radius 2 is 1.93 bits per heavy atom. The minimum Gasteiger partial charge on any atom is -0.443 e. The van der Waals surface area contributed by atoms with Crippen molar-refractivity contribution in [2.45, 2.75) is 6.54 Å². The summed E-state index contributed by atoms with van der Waals surface area (Å²) in [5, 5.41) is 1.99. The van der Waals surface area contributed by atoms with Crippen molar-refractivity contribution in [3.8, 4) is 10.8 Å². The normalized spacial score (nSPS) is 14.8. The minimum absolute atomic E-state index is 0. The molecule has 3 heterocycles. The van der Waals surface area contributed by atoms with Crippen molar-refractivity contribution in [3.63, 3.8) is 0 Å². The SMILES string of the molecule is I.NC(=NCc1coc(-c2cccs2)n1)N1CCN(c2ccc(F)cc2)CC1. The van der Waals surface area contributed by atoms with Gasteiger partial charge in [0.05, 0.1) is 11.4 Å². The molecule has 6 nitrogen and oxygen atoms in total. The Balaban J connectivity index is 0.00000225. The molecule has 1 saturated heterocycles. The molecule has 9 heteroatoms. The Morgan fingerprint density at radius 1 is 1.18 bits per heavy atom. The molecule has 1 aliphatic heterocycles. The summed E-state index contributed by atoms with van der Waals surface area (Å²) < 4.78 is 18.6. The maximum atomic E-state index is 13.1. The van der Waals surface area contributed by atoms with E-state index in [4.69, 9.17) is 10.2 Å². The van der Waals surface area contributed by atoms with Gasteiger partial charge in [-0.25, -0.2) is 14.4 Å².